The van der Waals surface area contributed by atoms with Gasteiger partial charge in [-0.3, -0.25) is 0 Å². The molecule has 4 rings (SSSR count). The molecular formula is C22H20. The zero-order valence-corrected chi connectivity index (χ0v) is 13.2. The molecule has 0 fully saturated rings. The van der Waals surface area contributed by atoms with E-state index in [1.807, 2.05) is 6.92 Å². The largest absolute Gasteiger partial charge is 0.106 e. The monoisotopic (exact) mass is 284 g/mol. The minimum absolute atomic E-state index is 0.510. The fourth-order valence-corrected chi connectivity index (χ4v) is 4.02. The average Bonchev–Trinajstić information content (AvgIpc) is 2.57. The molecule has 2 unspecified atom stereocenters. The summed E-state index contributed by atoms with van der Waals surface area (Å²) in [5.74, 6) is 7.56. The van der Waals surface area contributed by atoms with Crippen LogP contribution in [0.3, 0.4) is 0 Å². The van der Waals surface area contributed by atoms with Gasteiger partial charge in [0.2, 0.25) is 0 Å². The Hall–Kier alpha value is -2.26. The van der Waals surface area contributed by atoms with E-state index in [9.17, 15) is 0 Å². The van der Waals surface area contributed by atoms with E-state index in [1.54, 1.807) is 5.56 Å². The number of rotatable bonds is 0. The second-order valence-corrected chi connectivity index (χ2v) is 6.34. The van der Waals surface area contributed by atoms with Gasteiger partial charge in [-0.25, -0.2) is 0 Å². The van der Waals surface area contributed by atoms with Crippen molar-refractivity contribution in [1.82, 2.24) is 0 Å². The van der Waals surface area contributed by atoms with Gasteiger partial charge in [-0.2, -0.15) is 0 Å². The van der Waals surface area contributed by atoms with Crippen LogP contribution >= 0.6 is 0 Å². The zero-order valence-electron chi connectivity index (χ0n) is 13.2. The molecule has 0 aliphatic heterocycles. The van der Waals surface area contributed by atoms with Gasteiger partial charge in [0.1, 0.15) is 0 Å². The Balaban J connectivity index is 1.97. The van der Waals surface area contributed by atoms with Crippen LogP contribution < -0.4 is 0 Å². The third-order valence-electron chi connectivity index (χ3n) is 5.20. The lowest BCUT2D eigenvalue weighted by Gasteiger charge is -2.29. The van der Waals surface area contributed by atoms with Crippen molar-refractivity contribution in [3.8, 4) is 11.8 Å². The maximum atomic E-state index is 3.40. The molecule has 1 aliphatic rings. The summed E-state index contributed by atoms with van der Waals surface area (Å²) in [6.07, 6.45) is 2.33. The first kappa shape index (κ1) is 13.4. The van der Waals surface area contributed by atoms with Crippen molar-refractivity contribution in [1.29, 1.82) is 0 Å². The van der Waals surface area contributed by atoms with E-state index in [2.05, 4.69) is 67.3 Å². The molecule has 0 N–H and O–H groups in total. The predicted molar refractivity (Wildman–Crippen MR) is 95.1 cm³/mol. The van der Waals surface area contributed by atoms with E-state index in [0.29, 0.717) is 11.8 Å². The smallest absolute Gasteiger partial charge is 0.0272 e. The summed E-state index contributed by atoms with van der Waals surface area (Å²) in [6.45, 7) is 4.29. The zero-order chi connectivity index (χ0) is 15.1. The van der Waals surface area contributed by atoms with Gasteiger partial charge < -0.3 is 0 Å². The highest BCUT2D eigenvalue weighted by Crippen LogP contribution is 2.40. The van der Waals surface area contributed by atoms with Crippen molar-refractivity contribution in [2.45, 2.75) is 32.6 Å². The minimum Gasteiger partial charge on any atom is -0.106 e. The van der Waals surface area contributed by atoms with Gasteiger partial charge in [-0.05, 0) is 58.4 Å². The van der Waals surface area contributed by atoms with Crippen LogP contribution in [-0.4, -0.2) is 0 Å². The second-order valence-electron chi connectivity index (χ2n) is 6.34. The van der Waals surface area contributed by atoms with Crippen LogP contribution in [0.25, 0.3) is 21.5 Å². The molecule has 0 aromatic heterocycles. The van der Waals surface area contributed by atoms with Crippen molar-refractivity contribution in [3.63, 3.8) is 0 Å². The second kappa shape index (κ2) is 5.18. The minimum atomic E-state index is 0.510. The first-order valence-electron chi connectivity index (χ1n) is 8.15. The molecule has 0 spiro atoms. The summed E-state index contributed by atoms with van der Waals surface area (Å²) in [4.78, 5) is 0. The fourth-order valence-electron chi connectivity index (χ4n) is 4.02. The standard InChI is InChI=1S/C22H20/c1-3-6-16-9-11-20-18(15(16)2)13-14-21-19-8-5-4-7-17(19)10-12-22(20)21/h4-5,7-8,10,12-16H,9,11H2,1-2H3. The van der Waals surface area contributed by atoms with Crippen LogP contribution in [-0.2, 0) is 6.42 Å². The Labute approximate surface area is 132 Å². The fraction of sp³-hybridized carbons (Fsp3) is 0.273. The lowest BCUT2D eigenvalue weighted by Crippen LogP contribution is -2.17. The number of aryl methyl sites for hydroxylation is 1. The van der Waals surface area contributed by atoms with Crippen molar-refractivity contribution in [3.05, 3.63) is 59.7 Å². The van der Waals surface area contributed by atoms with Gasteiger partial charge >= 0.3 is 0 Å². The maximum absolute atomic E-state index is 3.40. The molecule has 0 saturated carbocycles. The van der Waals surface area contributed by atoms with Crippen LogP contribution in [0.1, 0.15) is 37.3 Å². The molecule has 0 radical (unpaired) electrons. The molecule has 0 heteroatoms. The average molecular weight is 284 g/mol. The van der Waals surface area contributed by atoms with Gasteiger partial charge in [0, 0.05) is 5.92 Å². The van der Waals surface area contributed by atoms with Crippen LogP contribution in [0.4, 0.5) is 0 Å². The number of hydrogen-bond donors (Lipinski definition) is 0. The molecule has 0 nitrogen and oxygen atoms in total. The molecule has 0 amide bonds. The Kier molecular flexibility index (Phi) is 3.16. The highest BCUT2D eigenvalue weighted by atomic mass is 14.3. The molecule has 22 heavy (non-hydrogen) atoms. The summed E-state index contributed by atoms with van der Waals surface area (Å²) in [5, 5.41) is 5.52. The van der Waals surface area contributed by atoms with Crippen molar-refractivity contribution in [2.24, 2.45) is 5.92 Å². The number of fused-ring (bicyclic) bond motifs is 5. The van der Waals surface area contributed by atoms with Crippen molar-refractivity contribution < 1.29 is 0 Å². The third-order valence-corrected chi connectivity index (χ3v) is 5.20. The maximum Gasteiger partial charge on any atom is 0.0272 e. The first-order valence-corrected chi connectivity index (χ1v) is 8.15. The van der Waals surface area contributed by atoms with E-state index in [0.717, 1.165) is 6.42 Å². The Morgan fingerprint density at radius 2 is 1.73 bits per heavy atom. The SMILES string of the molecule is CC#CC1CCc2c(ccc3c2ccc2ccccc23)C1C. The molecular weight excluding hydrogens is 264 g/mol. The van der Waals surface area contributed by atoms with Gasteiger partial charge in [-0.1, -0.05) is 61.4 Å². The number of benzene rings is 3. The quantitative estimate of drug-likeness (QED) is 0.368. The van der Waals surface area contributed by atoms with Gasteiger partial charge in [-0.15, -0.1) is 5.92 Å². The van der Waals surface area contributed by atoms with E-state index < -0.39 is 0 Å². The summed E-state index contributed by atoms with van der Waals surface area (Å²) in [5.41, 5.74) is 3.05. The van der Waals surface area contributed by atoms with Crippen molar-refractivity contribution >= 4 is 21.5 Å². The van der Waals surface area contributed by atoms with Gasteiger partial charge in [0.05, 0.1) is 0 Å². The Morgan fingerprint density at radius 3 is 2.59 bits per heavy atom. The van der Waals surface area contributed by atoms with E-state index in [4.69, 9.17) is 0 Å². The molecule has 1 aliphatic carbocycles. The summed E-state index contributed by atoms with van der Waals surface area (Å²) in [6, 6.07) is 17.9. The number of hydrogen-bond acceptors (Lipinski definition) is 0. The topological polar surface area (TPSA) is 0 Å². The molecule has 0 heterocycles. The van der Waals surface area contributed by atoms with Crippen molar-refractivity contribution in [2.75, 3.05) is 0 Å². The molecule has 0 bridgehead atoms. The van der Waals surface area contributed by atoms with Crippen LogP contribution in [0, 0.1) is 17.8 Å². The van der Waals surface area contributed by atoms with Crippen LogP contribution in [0.5, 0.6) is 0 Å². The van der Waals surface area contributed by atoms with Crippen LogP contribution in [0.2, 0.25) is 0 Å². The molecule has 108 valence electrons. The summed E-state index contributed by atoms with van der Waals surface area (Å²) >= 11 is 0. The lowest BCUT2D eigenvalue weighted by molar-refractivity contribution is 0.488. The summed E-state index contributed by atoms with van der Waals surface area (Å²) in [7, 11) is 0. The highest BCUT2D eigenvalue weighted by molar-refractivity contribution is 6.08. The Bertz CT molecular complexity index is 921. The van der Waals surface area contributed by atoms with Gasteiger partial charge in [0.25, 0.3) is 0 Å². The Morgan fingerprint density at radius 1 is 0.909 bits per heavy atom. The van der Waals surface area contributed by atoms with E-state index in [-0.39, 0.29) is 0 Å². The normalized spacial score (nSPS) is 20.5. The van der Waals surface area contributed by atoms with Gasteiger partial charge in [0.15, 0.2) is 0 Å². The summed E-state index contributed by atoms with van der Waals surface area (Å²) < 4.78 is 0. The third kappa shape index (κ3) is 1.93. The first-order chi connectivity index (χ1) is 10.8. The highest BCUT2D eigenvalue weighted by Gasteiger charge is 2.26. The molecule has 3 aromatic carbocycles. The van der Waals surface area contributed by atoms with Crippen LogP contribution in [0.15, 0.2) is 48.5 Å². The van der Waals surface area contributed by atoms with E-state index in [1.165, 1.54) is 33.5 Å². The molecule has 2 atom stereocenters. The molecule has 3 aromatic rings. The molecule has 0 saturated heterocycles. The lowest BCUT2D eigenvalue weighted by atomic mass is 9.74. The van der Waals surface area contributed by atoms with E-state index >= 15 is 0 Å². The predicted octanol–water partition coefficient (Wildman–Crippen LogP) is 5.68.